The first-order chi connectivity index (χ1) is 7.13. The molecular formula is C11H17N3O. The summed E-state index contributed by atoms with van der Waals surface area (Å²) in [6.45, 7) is 4.62. The average Bonchev–Trinajstić information content (AvgIpc) is 2.74. The van der Waals surface area contributed by atoms with Gasteiger partial charge >= 0.3 is 0 Å². The molecule has 3 unspecified atom stereocenters. The maximum absolute atomic E-state index is 11.6. The number of nitrogens with zero attached hydrogens (tertiary/aromatic N) is 2. The van der Waals surface area contributed by atoms with E-state index in [4.69, 9.17) is 5.26 Å². The first kappa shape index (κ1) is 10.3. The van der Waals surface area contributed by atoms with Crippen LogP contribution in [0.25, 0.3) is 0 Å². The maximum atomic E-state index is 11.6. The molecule has 2 fully saturated rings. The average molecular weight is 207 g/mol. The van der Waals surface area contributed by atoms with E-state index in [-0.39, 0.29) is 23.9 Å². The number of rotatable bonds is 2. The highest BCUT2D eigenvalue weighted by Crippen LogP contribution is 2.37. The summed E-state index contributed by atoms with van der Waals surface area (Å²) in [5.41, 5.74) is 0. The second-order valence-electron chi connectivity index (χ2n) is 4.85. The molecule has 4 nitrogen and oxygen atoms in total. The normalized spacial score (nSPS) is 33.2. The molecule has 3 atom stereocenters. The summed E-state index contributed by atoms with van der Waals surface area (Å²) < 4.78 is 0. The van der Waals surface area contributed by atoms with E-state index in [2.05, 4.69) is 11.5 Å². The summed E-state index contributed by atoms with van der Waals surface area (Å²) in [5.74, 6) is 0.620. The van der Waals surface area contributed by atoms with Crippen molar-refractivity contribution < 1.29 is 4.79 Å². The van der Waals surface area contributed by atoms with Crippen molar-refractivity contribution in [3.05, 3.63) is 0 Å². The van der Waals surface area contributed by atoms with Crippen LogP contribution in [-0.2, 0) is 4.79 Å². The lowest BCUT2D eigenvalue weighted by Crippen LogP contribution is -2.44. The molecule has 1 aliphatic carbocycles. The van der Waals surface area contributed by atoms with Crippen LogP contribution in [-0.4, -0.2) is 29.4 Å². The highest BCUT2D eigenvalue weighted by molar-refractivity contribution is 5.78. The number of fused-ring (bicyclic) bond motifs is 2. The molecule has 1 aliphatic heterocycles. The minimum atomic E-state index is 0.0283. The van der Waals surface area contributed by atoms with Gasteiger partial charge in [0, 0.05) is 12.5 Å². The lowest BCUT2D eigenvalue weighted by molar-refractivity contribution is -0.124. The third-order valence-electron chi connectivity index (χ3n) is 3.55. The van der Waals surface area contributed by atoms with Gasteiger partial charge in [-0.2, -0.15) is 5.26 Å². The van der Waals surface area contributed by atoms with Gasteiger partial charge in [-0.05, 0) is 18.8 Å². The van der Waals surface area contributed by atoms with E-state index in [1.54, 1.807) is 0 Å². The van der Waals surface area contributed by atoms with Crippen LogP contribution < -0.4 is 5.32 Å². The fraction of sp³-hybridized carbons (Fsp3) is 0.818. The smallest absolute Gasteiger partial charge is 0.222 e. The Labute approximate surface area is 90.2 Å². The number of carbonyl (C=O) groups excluding carboxylic acids is 1. The zero-order valence-electron chi connectivity index (χ0n) is 9.23. The lowest BCUT2D eigenvalue weighted by atomic mass is 10.1. The molecule has 15 heavy (non-hydrogen) atoms. The Balaban J connectivity index is 2.01. The van der Waals surface area contributed by atoms with Crippen LogP contribution in [0, 0.1) is 23.3 Å². The molecule has 0 aromatic rings. The summed E-state index contributed by atoms with van der Waals surface area (Å²) in [6.07, 6.45) is 4.40. The van der Waals surface area contributed by atoms with E-state index in [1.165, 1.54) is 0 Å². The molecule has 1 N–H and O–H groups in total. The van der Waals surface area contributed by atoms with Gasteiger partial charge in [0.2, 0.25) is 5.91 Å². The van der Waals surface area contributed by atoms with Crippen LogP contribution >= 0.6 is 0 Å². The number of carbonyl (C=O) groups is 1. The predicted octanol–water partition coefficient (Wildman–Crippen LogP) is 0.702. The van der Waals surface area contributed by atoms with Crippen LogP contribution in [0.3, 0.4) is 0 Å². The molecule has 1 heterocycles. The number of amides is 1. The van der Waals surface area contributed by atoms with Gasteiger partial charge in [0.05, 0.1) is 12.1 Å². The van der Waals surface area contributed by atoms with Crippen molar-refractivity contribution in [1.29, 1.82) is 5.26 Å². The fourth-order valence-electron chi connectivity index (χ4n) is 2.66. The van der Waals surface area contributed by atoms with Crippen molar-refractivity contribution in [3.63, 3.8) is 0 Å². The highest BCUT2D eigenvalue weighted by Gasteiger charge is 2.47. The Morgan fingerprint density at radius 3 is 2.80 bits per heavy atom. The van der Waals surface area contributed by atoms with Crippen LogP contribution in [0.5, 0.6) is 0 Å². The van der Waals surface area contributed by atoms with Gasteiger partial charge in [-0.25, -0.2) is 0 Å². The van der Waals surface area contributed by atoms with Gasteiger partial charge in [0.15, 0.2) is 6.19 Å². The first-order valence-electron chi connectivity index (χ1n) is 5.60. The van der Waals surface area contributed by atoms with Crippen molar-refractivity contribution in [2.75, 3.05) is 6.54 Å². The number of nitriles is 1. The number of nitrogens with one attached hydrogen (secondary N) is 1. The van der Waals surface area contributed by atoms with E-state index in [0.717, 1.165) is 19.4 Å². The first-order valence-corrected chi connectivity index (χ1v) is 5.60. The van der Waals surface area contributed by atoms with Gasteiger partial charge in [-0.3, -0.25) is 4.79 Å². The van der Waals surface area contributed by atoms with E-state index >= 15 is 0 Å². The second kappa shape index (κ2) is 3.73. The molecule has 1 amide bonds. The molecule has 2 bridgehead atoms. The zero-order valence-corrected chi connectivity index (χ0v) is 9.23. The fourth-order valence-corrected chi connectivity index (χ4v) is 2.66. The Bertz CT molecular complexity index is 307. The van der Waals surface area contributed by atoms with Gasteiger partial charge in [-0.1, -0.05) is 13.8 Å². The summed E-state index contributed by atoms with van der Waals surface area (Å²) in [4.78, 5) is 13.4. The molecule has 1 saturated heterocycles. The topological polar surface area (TPSA) is 56.1 Å². The van der Waals surface area contributed by atoms with Crippen molar-refractivity contribution in [1.82, 2.24) is 10.2 Å². The summed E-state index contributed by atoms with van der Waals surface area (Å²) in [7, 11) is 0. The predicted molar refractivity (Wildman–Crippen MR) is 55.6 cm³/mol. The monoisotopic (exact) mass is 207 g/mol. The third-order valence-corrected chi connectivity index (χ3v) is 3.55. The van der Waals surface area contributed by atoms with Gasteiger partial charge < -0.3 is 10.2 Å². The molecular weight excluding hydrogens is 190 g/mol. The Morgan fingerprint density at radius 1 is 1.53 bits per heavy atom. The van der Waals surface area contributed by atoms with Crippen molar-refractivity contribution in [3.8, 4) is 6.19 Å². The third kappa shape index (κ3) is 1.67. The van der Waals surface area contributed by atoms with Gasteiger partial charge in [0.1, 0.15) is 0 Å². The van der Waals surface area contributed by atoms with Crippen LogP contribution in [0.4, 0.5) is 0 Å². The molecule has 4 heteroatoms. The molecule has 0 spiro atoms. The number of piperidine rings is 1. The van der Waals surface area contributed by atoms with E-state index in [0.29, 0.717) is 5.92 Å². The Morgan fingerprint density at radius 2 is 2.27 bits per heavy atom. The highest BCUT2D eigenvalue weighted by atomic mass is 16.1. The molecule has 82 valence electrons. The van der Waals surface area contributed by atoms with Crippen LogP contribution in [0.2, 0.25) is 0 Å². The standard InChI is InChI=1S/C11H17N3O/c1-7(2)11(15)13-10-8-3-4-9(10)14(5-8)6-12/h7-10H,3-5H2,1-2H3,(H,13,15). The van der Waals surface area contributed by atoms with Crippen LogP contribution in [0.15, 0.2) is 0 Å². The molecule has 2 rings (SSSR count). The molecule has 0 aromatic carbocycles. The van der Waals surface area contributed by atoms with E-state index < -0.39 is 0 Å². The number of hydrogen-bond acceptors (Lipinski definition) is 3. The minimum absolute atomic E-state index is 0.0283. The lowest BCUT2D eigenvalue weighted by Gasteiger charge is -2.21. The van der Waals surface area contributed by atoms with Crippen molar-refractivity contribution in [2.45, 2.75) is 38.8 Å². The largest absolute Gasteiger partial charge is 0.351 e. The van der Waals surface area contributed by atoms with Crippen LogP contribution in [0.1, 0.15) is 26.7 Å². The summed E-state index contributed by atoms with van der Waals surface area (Å²) in [6, 6.07) is 0.460. The van der Waals surface area contributed by atoms with E-state index in [1.807, 2.05) is 18.7 Å². The summed E-state index contributed by atoms with van der Waals surface area (Å²) in [5, 5.41) is 12.0. The maximum Gasteiger partial charge on any atom is 0.222 e. The van der Waals surface area contributed by atoms with Gasteiger partial charge in [-0.15, -0.1) is 0 Å². The zero-order chi connectivity index (χ0) is 11.0. The van der Waals surface area contributed by atoms with Crippen molar-refractivity contribution in [2.24, 2.45) is 11.8 Å². The Hall–Kier alpha value is -1.24. The Kier molecular flexibility index (Phi) is 2.56. The molecule has 1 saturated carbocycles. The van der Waals surface area contributed by atoms with Crippen molar-refractivity contribution >= 4 is 5.91 Å². The quantitative estimate of drug-likeness (QED) is 0.678. The number of likely N-dealkylation sites (tertiary alicyclic amines) is 1. The summed E-state index contributed by atoms with van der Waals surface area (Å²) >= 11 is 0. The SMILES string of the molecule is CC(C)C(=O)NC1C2CCC1N(C#N)C2. The molecule has 0 aromatic heterocycles. The van der Waals surface area contributed by atoms with Gasteiger partial charge in [0.25, 0.3) is 0 Å². The minimum Gasteiger partial charge on any atom is -0.351 e. The second-order valence-corrected chi connectivity index (χ2v) is 4.85. The number of hydrogen-bond donors (Lipinski definition) is 1. The molecule has 0 radical (unpaired) electrons. The van der Waals surface area contributed by atoms with E-state index in [9.17, 15) is 4.79 Å². The molecule has 2 aliphatic rings.